The van der Waals surface area contributed by atoms with Crippen molar-refractivity contribution in [1.29, 1.82) is 0 Å². The van der Waals surface area contributed by atoms with Crippen LogP contribution in [-0.2, 0) is 0 Å². The molecule has 1 aromatic carbocycles. The van der Waals surface area contributed by atoms with Crippen LogP contribution in [0.4, 0.5) is 0 Å². The topological polar surface area (TPSA) is 36.9 Å². The van der Waals surface area contributed by atoms with E-state index >= 15 is 0 Å². The molecule has 0 radical (unpaired) electrons. The van der Waals surface area contributed by atoms with Crippen molar-refractivity contribution in [3.05, 3.63) is 35.0 Å². The van der Waals surface area contributed by atoms with E-state index < -0.39 is 0 Å². The molecule has 0 aliphatic carbocycles. The number of hydrogen-bond donors (Lipinski definition) is 0. The van der Waals surface area contributed by atoms with Crippen molar-refractivity contribution in [3.63, 3.8) is 0 Å². The summed E-state index contributed by atoms with van der Waals surface area (Å²) in [4.78, 5) is 4.80. The molecule has 5 aromatic rings. The Labute approximate surface area is 187 Å². The molecule has 0 N–H and O–H groups in total. The van der Waals surface area contributed by atoms with Crippen LogP contribution in [0.5, 0.6) is 23.0 Å². The van der Waals surface area contributed by atoms with Crippen molar-refractivity contribution in [2.75, 3.05) is 26.4 Å². The fourth-order valence-electron chi connectivity index (χ4n) is 3.86. The summed E-state index contributed by atoms with van der Waals surface area (Å²) in [5, 5.41) is 6.63. The van der Waals surface area contributed by atoms with E-state index in [1.807, 2.05) is 33.4 Å². The minimum atomic E-state index is 0.612. The first-order chi connectivity index (χ1) is 14.8. The van der Waals surface area contributed by atoms with Crippen LogP contribution in [0.2, 0.25) is 0 Å². The summed E-state index contributed by atoms with van der Waals surface area (Å²) in [5.74, 6) is 3.53. The van der Waals surface area contributed by atoms with Crippen molar-refractivity contribution in [3.8, 4) is 42.5 Å². The second kappa shape index (κ2) is 6.62. The Balaban J connectivity index is 1.32. The molecule has 0 atom stereocenters. The number of rotatable bonds is 2. The van der Waals surface area contributed by atoms with Crippen LogP contribution in [0.25, 0.3) is 39.7 Å². The number of fused-ring (bicyclic) bond motifs is 4. The Morgan fingerprint density at radius 1 is 0.567 bits per heavy atom. The minimum absolute atomic E-state index is 0.612. The summed E-state index contributed by atoms with van der Waals surface area (Å²) in [6, 6.07) is 9.14. The normalized spacial score (nSPS) is 15.2. The van der Waals surface area contributed by atoms with Crippen LogP contribution in [0.3, 0.4) is 0 Å². The average molecular weight is 471 g/mol. The van der Waals surface area contributed by atoms with Crippen LogP contribution in [0.1, 0.15) is 0 Å². The van der Waals surface area contributed by atoms with E-state index in [9.17, 15) is 0 Å². The van der Waals surface area contributed by atoms with Gasteiger partial charge in [0.2, 0.25) is 0 Å². The lowest BCUT2D eigenvalue weighted by Gasteiger charge is -2.15. The molecular formula is C22H14O4S4. The van der Waals surface area contributed by atoms with E-state index in [1.54, 1.807) is 22.7 Å². The molecule has 0 spiro atoms. The first-order valence-corrected chi connectivity index (χ1v) is 12.9. The predicted octanol–water partition coefficient (Wildman–Crippen LogP) is 7.12. The predicted molar refractivity (Wildman–Crippen MR) is 126 cm³/mol. The van der Waals surface area contributed by atoms with Gasteiger partial charge in [-0.25, -0.2) is 0 Å². The van der Waals surface area contributed by atoms with E-state index in [-0.39, 0.29) is 0 Å². The zero-order chi connectivity index (χ0) is 19.7. The van der Waals surface area contributed by atoms with Crippen molar-refractivity contribution < 1.29 is 18.9 Å². The zero-order valence-corrected chi connectivity index (χ0v) is 18.8. The van der Waals surface area contributed by atoms with Crippen LogP contribution in [-0.4, -0.2) is 26.4 Å². The molecule has 6 heterocycles. The summed E-state index contributed by atoms with van der Waals surface area (Å²) in [6.07, 6.45) is 0. The largest absolute Gasteiger partial charge is 0.485 e. The van der Waals surface area contributed by atoms with Gasteiger partial charge in [-0.2, -0.15) is 0 Å². The third-order valence-corrected chi connectivity index (χ3v) is 9.64. The highest BCUT2D eigenvalue weighted by atomic mass is 32.1. The molecule has 0 bridgehead atoms. The molecule has 30 heavy (non-hydrogen) atoms. The lowest BCUT2D eigenvalue weighted by molar-refractivity contribution is 0.174. The standard InChI is InChI=1S/C22H14O4S4/c1-3-25-19-13(23-1)9-27-21(19)17-7-11-5-16-12(6-15(11)29-17)8-18(30-16)22-20-14(10-28-22)24-2-4-26-20/h5-10H,1-4H2. The molecule has 8 heteroatoms. The van der Waals surface area contributed by atoms with Crippen LogP contribution in [0.15, 0.2) is 35.0 Å². The highest BCUT2D eigenvalue weighted by Gasteiger charge is 2.23. The van der Waals surface area contributed by atoms with E-state index in [0.717, 1.165) is 32.8 Å². The van der Waals surface area contributed by atoms with Gasteiger partial charge in [-0.3, -0.25) is 0 Å². The number of benzene rings is 1. The van der Waals surface area contributed by atoms with Gasteiger partial charge in [-0.15, -0.1) is 45.3 Å². The van der Waals surface area contributed by atoms with Crippen molar-refractivity contribution >= 4 is 65.5 Å². The second-order valence-electron chi connectivity index (χ2n) is 7.06. The Bertz CT molecular complexity index is 1270. The number of hydrogen-bond acceptors (Lipinski definition) is 8. The van der Waals surface area contributed by atoms with Crippen LogP contribution >= 0.6 is 45.3 Å². The summed E-state index contributed by atoms with van der Waals surface area (Å²) in [7, 11) is 0. The molecule has 0 unspecified atom stereocenters. The first-order valence-electron chi connectivity index (χ1n) is 9.55. The van der Waals surface area contributed by atoms with E-state index in [1.165, 1.54) is 29.9 Å². The summed E-state index contributed by atoms with van der Waals surface area (Å²) in [6.45, 7) is 2.47. The molecule has 150 valence electrons. The molecule has 4 nitrogen and oxygen atoms in total. The van der Waals surface area contributed by atoms with Gasteiger partial charge in [-0.05, 0) is 35.0 Å². The summed E-state index contributed by atoms with van der Waals surface area (Å²) < 4.78 is 25.8. The lowest BCUT2D eigenvalue weighted by Crippen LogP contribution is -2.14. The molecule has 2 aliphatic heterocycles. The third-order valence-electron chi connectivity index (χ3n) is 5.21. The SMILES string of the molecule is c1sc(-c2cc3cc4sc(-c5scc6c5OCCO6)cc4cc3s2)c2c1OCCO2. The Morgan fingerprint density at radius 2 is 1.03 bits per heavy atom. The lowest BCUT2D eigenvalue weighted by atomic mass is 10.2. The molecule has 0 amide bonds. The highest BCUT2D eigenvalue weighted by molar-refractivity contribution is 7.27. The maximum Gasteiger partial charge on any atom is 0.180 e. The summed E-state index contributed by atoms with van der Waals surface area (Å²) >= 11 is 7.00. The van der Waals surface area contributed by atoms with Gasteiger partial charge in [-0.1, -0.05) is 0 Å². The van der Waals surface area contributed by atoms with Crippen molar-refractivity contribution in [2.24, 2.45) is 0 Å². The number of ether oxygens (including phenoxy) is 4. The average Bonchev–Trinajstić information content (AvgIpc) is 3.53. The maximum absolute atomic E-state index is 5.88. The molecule has 4 aromatic heterocycles. The molecular weight excluding hydrogens is 457 g/mol. The third kappa shape index (κ3) is 2.61. The van der Waals surface area contributed by atoms with Crippen LogP contribution < -0.4 is 18.9 Å². The smallest absolute Gasteiger partial charge is 0.180 e. The second-order valence-corrected chi connectivity index (χ2v) is 11.0. The van der Waals surface area contributed by atoms with Crippen molar-refractivity contribution in [2.45, 2.75) is 0 Å². The molecule has 0 saturated carbocycles. The van der Waals surface area contributed by atoms with Gasteiger partial charge in [0.1, 0.15) is 26.4 Å². The minimum Gasteiger partial charge on any atom is -0.485 e. The number of thiophene rings is 4. The maximum atomic E-state index is 5.88. The summed E-state index contributed by atoms with van der Waals surface area (Å²) in [5.41, 5.74) is 0. The fraction of sp³-hybridized carbons (Fsp3) is 0.182. The molecule has 7 rings (SSSR count). The zero-order valence-electron chi connectivity index (χ0n) is 15.6. The molecule has 0 fully saturated rings. The molecule has 0 saturated heterocycles. The fourth-order valence-corrected chi connectivity index (χ4v) is 8.14. The van der Waals surface area contributed by atoms with Crippen LogP contribution in [0, 0.1) is 0 Å². The first kappa shape index (κ1) is 17.4. The monoisotopic (exact) mass is 470 g/mol. The van der Waals surface area contributed by atoms with Gasteiger partial charge in [0.15, 0.2) is 23.0 Å². The highest BCUT2D eigenvalue weighted by Crippen LogP contribution is 2.51. The quantitative estimate of drug-likeness (QED) is 0.275. The van der Waals surface area contributed by atoms with Gasteiger partial charge >= 0.3 is 0 Å². The Morgan fingerprint density at radius 3 is 1.53 bits per heavy atom. The van der Waals surface area contributed by atoms with Gasteiger partial charge < -0.3 is 18.9 Å². The Hall–Kier alpha value is -2.26. The van der Waals surface area contributed by atoms with Crippen molar-refractivity contribution in [1.82, 2.24) is 0 Å². The van der Waals surface area contributed by atoms with Gasteiger partial charge in [0, 0.05) is 29.9 Å². The molecule has 2 aliphatic rings. The van der Waals surface area contributed by atoms with Gasteiger partial charge in [0.25, 0.3) is 0 Å². The van der Waals surface area contributed by atoms with E-state index in [4.69, 9.17) is 18.9 Å². The Kier molecular flexibility index (Phi) is 3.84. The van der Waals surface area contributed by atoms with E-state index in [2.05, 4.69) is 24.3 Å². The van der Waals surface area contributed by atoms with E-state index in [0.29, 0.717) is 26.4 Å². The van der Waals surface area contributed by atoms with Gasteiger partial charge in [0.05, 0.1) is 9.75 Å².